The molecule has 0 saturated carbocycles. The van der Waals surface area contributed by atoms with E-state index in [0.29, 0.717) is 36.2 Å². The van der Waals surface area contributed by atoms with Crippen LogP contribution in [0.4, 0.5) is 9.59 Å². The Balaban J connectivity index is 0.000000251. The number of aromatic amines is 1. The molecule has 1 heterocycles. The smallest absolute Gasteiger partial charge is 0.407 e. The molecule has 2 atom stereocenters. The number of carbonyl (C=O) groups excluding carboxylic acids is 2. The van der Waals surface area contributed by atoms with Crippen LogP contribution in [0.5, 0.6) is 0 Å². The normalized spacial score (nSPS) is 12.4. The first kappa shape index (κ1) is 44.6. The number of nitrogens with one attached hydrogen (secondary N) is 5. The quantitative estimate of drug-likeness (QED) is 0.0588. The highest BCUT2D eigenvalue weighted by Crippen LogP contribution is 2.27. The van der Waals surface area contributed by atoms with Crippen molar-refractivity contribution in [1.29, 1.82) is 0 Å². The monoisotopic (exact) mass is 912 g/mol. The highest BCUT2D eigenvalue weighted by Gasteiger charge is 2.19. The van der Waals surface area contributed by atoms with Crippen LogP contribution in [0, 0.1) is 3.57 Å². The first-order valence-corrected chi connectivity index (χ1v) is 20.2. The van der Waals surface area contributed by atoms with Gasteiger partial charge in [0.2, 0.25) is 0 Å². The van der Waals surface area contributed by atoms with Crippen molar-refractivity contribution in [2.45, 2.75) is 64.8 Å². The molecule has 0 spiro atoms. The van der Waals surface area contributed by atoms with Gasteiger partial charge in [-0.1, -0.05) is 83.9 Å². The van der Waals surface area contributed by atoms with Gasteiger partial charge in [-0.25, -0.2) is 9.59 Å². The molecule has 5 aromatic rings. The van der Waals surface area contributed by atoms with E-state index >= 15 is 0 Å². The van der Waals surface area contributed by atoms with Crippen LogP contribution in [0.15, 0.2) is 109 Å². The Hall–Kier alpha value is -4.14. The van der Waals surface area contributed by atoms with E-state index in [2.05, 4.69) is 103 Å². The molecule has 2 amide bonds. The molecule has 0 saturated heterocycles. The lowest BCUT2D eigenvalue weighted by atomic mass is 9.96. The number of carbonyl (C=O) groups is 2. The Morgan fingerprint density at radius 2 is 0.982 bits per heavy atom. The Labute approximate surface area is 354 Å². The summed E-state index contributed by atoms with van der Waals surface area (Å²) in [5, 5.41) is 20.8. The molecule has 0 radical (unpaired) electrons. The average molecular weight is 914 g/mol. The van der Waals surface area contributed by atoms with Crippen LogP contribution in [-0.2, 0) is 9.47 Å². The molecule has 4 aromatic carbocycles. The van der Waals surface area contributed by atoms with Gasteiger partial charge in [0, 0.05) is 51.6 Å². The van der Waals surface area contributed by atoms with Crippen molar-refractivity contribution < 1.29 is 19.1 Å². The lowest BCUT2D eigenvalue weighted by Gasteiger charge is -2.22. The summed E-state index contributed by atoms with van der Waals surface area (Å²) in [5.74, 6) is 0. The Bertz CT molecular complexity index is 1880. The zero-order chi connectivity index (χ0) is 40.7. The Morgan fingerprint density at radius 3 is 1.34 bits per heavy atom. The maximum absolute atomic E-state index is 11.8. The predicted molar refractivity (Wildman–Crippen MR) is 234 cm³/mol. The number of aromatic nitrogens is 2. The molecule has 10 nitrogen and oxygen atoms in total. The van der Waals surface area contributed by atoms with Gasteiger partial charge < -0.3 is 30.7 Å². The molecular weight excluding hydrogens is 862 g/mol. The average Bonchev–Trinajstić information content (AvgIpc) is 3.68. The molecule has 298 valence electrons. The second kappa shape index (κ2) is 21.4. The third-order valence-corrected chi connectivity index (χ3v) is 9.19. The van der Waals surface area contributed by atoms with Crippen LogP contribution in [0.2, 0.25) is 10.0 Å². The van der Waals surface area contributed by atoms with Crippen molar-refractivity contribution >= 4 is 58.0 Å². The molecule has 2 unspecified atom stereocenters. The summed E-state index contributed by atoms with van der Waals surface area (Å²) >= 11 is 14.4. The number of halogens is 3. The lowest BCUT2D eigenvalue weighted by Crippen LogP contribution is -2.37. The van der Waals surface area contributed by atoms with Gasteiger partial charge >= 0.3 is 12.2 Å². The summed E-state index contributed by atoms with van der Waals surface area (Å²) in [6, 6.07) is 32.3. The summed E-state index contributed by atoms with van der Waals surface area (Å²) in [6.07, 6.45) is 2.84. The van der Waals surface area contributed by atoms with E-state index in [1.54, 1.807) is 6.20 Å². The van der Waals surface area contributed by atoms with E-state index in [1.165, 1.54) is 3.57 Å². The lowest BCUT2D eigenvalue weighted by molar-refractivity contribution is 0.0516. The molecule has 13 heteroatoms. The molecule has 5 rings (SSSR count). The van der Waals surface area contributed by atoms with Crippen LogP contribution in [0.25, 0.3) is 11.1 Å². The molecule has 1 aromatic heterocycles. The number of nitrogens with zero attached hydrogens (tertiary/aromatic N) is 1. The minimum absolute atomic E-state index is 0.0182. The first-order valence-electron chi connectivity index (χ1n) is 18.3. The maximum Gasteiger partial charge on any atom is 0.407 e. The summed E-state index contributed by atoms with van der Waals surface area (Å²) in [4.78, 5) is 23.6. The fraction of sp³-hybridized carbons (Fsp3) is 0.326. The van der Waals surface area contributed by atoms with Gasteiger partial charge in [-0.2, -0.15) is 5.10 Å². The molecule has 0 fully saturated rings. The molecule has 0 aliphatic carbocycles. The Kier molecular flexibility index (Phi) is 17.0. The zero-order valence-corrected chi connectivity index (χ0v) is 36.3. The van der Waals surface area contributed by atoms with Crippen molar-refractivity contribution in [3.8, 4) is 11.1 Å². The maximum atomic E-state index is 11.8. The van der Waals surface area contributed by atoms with Crippen molar-refractivity contribution in [3.05, 3.63) is 145 Å². The van der Waals surface area contributed by atoms with E-state index in [0.717, 1.165) is 33.4 Å². The number of amides is 2. The van der Waals surface area contributed by atoms with Crippen LogP contribution >= 0.6 is 45.8 Å². The topological polar surface area (TPSA) is 129 Å². The first-order chi connectivity index (χ1) is 26.6. The largest absolute Gasteiger partial charge is 0.444 e. The standard InChI is InChI=1S/C23H27ClN4O2.C20H24ClIN2O2/c1-23(2,3)30-22(29)26-13-12-25-21(18-8-10-20(24)11-9-18)17-6-4-16(5-7-17)19-14-27-28-15-19;1-20(2,3)26-19(25)24-13-12-23-18(14-4-8-16(21)9-5-14)15-6-10-17(22)11-7-15/h4-11,14-15,21,25H,12-13H2,1-3H3,(H,26,29)(H,27,28);4-11,18,23H,12-13H2,1-3H3,(H,24,25). The van der Waals surface area contributed by atoms with E-state index in [1.807, 2.05) is 96.3 Å². The van der Waals surface area contributed by atoms with Gasteiger partial charge in [-0.3, -0.25) is 5.10 Å². The highest BCUT2D eigenvalue weighted by molar-refractivity contribution is 14.1. The van der Waals surface area contributed by atoms with Gasteiger partial charge in [0.25, 0.3) is 0 Å². The van der Waals surface area contributed by atoms with Gasteiger partial charge in [-0.05, 0) is 128 Å². The Morgan fingerprint density at radius 1 is 0.607 bits per heavy atom. The van der Waals surface area contributed by atoms with Crippen molar-refractivity contribution in [1.82, 2.24) is 31.5 Å². The number of hydrogen-bond acceptors (Lipinski definition) is 7. The van der Waals surface area contributed by atoms with E-state index in [9.17, 15) is 9.59 Å². The second-order valence-electron chi connectivity index (χ2n) is 14.9. The van der Waals surface area contributed by atoms with Gasteiger partial charge in [0.1, 0.15) is 11.2 Å². The van der Waals surface area contributed by atoms with E-state index < -0.39 is 23.4 Å². The number of benzene rings is 4. The molecule has 56 heavy (non-hydrogen) atoms. The number of H-pyrrole nitrogens is 1. The summed E-state index contributed by atoms with van der Waals surface area (Å²) in [5.41, 5.74) is 5.60. The van der Waals surface area contributed by atoms with Crippen LogP contribution < -0.4 is 21.3 Å². The van der Waals surface area contributed by atoms with Crippen LogP contribution in [-0.4, -0.2) is 59.8 Å². The highest BCUT2D eigenvalue weighted by atomic mass is 127. The molecule has 0 aliphatic rings. The minimum atomic E-state index is -0.514. The third-order valence-electron chi connectivity index (χ3n) is 7.97. The van der Waals surface area contributed by atoms with E-state index in [4.69, 9.17) is 32.7 Å². The number of ether oxygens (including phenoxy) is 2. The fourth-order valence-electron chi connectivity index (χ4n) is 5.49. The summed E-state index contributed by atoms with van der Waals surface area (Å²) < 4.78 is 11.7. The molecular formula is C43H51Cl2IN6O4. The number of rotatable bonds is 13. The van der Waals surface area contributed by atoms with Gasteiger partial charge in [0.15, 0.2) is 0 Å². The van der Waals surface area contributed by atoms with Crippen molar-refractivity contribution in [3.63, 3.8) is 0 Å². The van der Waals surface area contributed by atoms with Gasteiger partial charge in [0.05, 0.1) is 18.3 Å². The van der Waals surface area contributed by atoms with Crippen molar-refractivity contribution in [2.24, 2.45) is 0 Å². The SMILES string of the molecule is CC(C)(C)OC(=O)NCCNC(c1ccc(Cl)cc1)c1ccc(-c2cn[nH]c2)cc1.CC(C)(C)OC(=O)NCCNC(c1ccc(Cl)cc1)c1ccc(I)cc1. The molecule has 0 bridgehead atoms. The minimum Gasteiger partial charge on any atom is -0.444 e. The van der Waals surface area contributed by atoms with Crippen LogP contribution in [0.1, 0.15) is 75.9 Å². The van der Waals surface area contributed by atoms with Gasteiger partial charge in [-0.15, -0.1) is 0 Å². The molecule has 0 aliphatic heterocycles. The van der Waals surface area contributed by atoms with E-state index in [-0.39, 0.29) is 12.1 Å². The van der Waals surface area contributed by atoms with Crippen molar-refractivity contribution in [2.75, 3.05) is 26.2 Å². The summed E-state index contributed by atoms with van der Waals surface area (Å²) in [6.45, 7) is 13.2. The summed E-state index contributed by atoms with van der Waals surface area (Å²) in [7, 11) is 0. The predicted octanol–water partition coefficient (Wildman–Crippen LogP) is 10.1. The number of hydrogen-bond donors (Lipinski definition) is 5. The second-order valence-corrected chi connectivity index (χ2v) is 17.0. The fourth-order valence-corrected chi connectivity index (χ4v) is 6.10. The molecule has 5 N–H and O–H groups in total. The third kappa shape index (κ3) is 15.8. The number of alkyl carbamates (subject to hydrolysis) is 2. The zero-order valence-electron chi connectivity index (χ0n) is 32.6. The van der Waals surface area contributed by atoms with Crippen LogP contribution in [0.3, 0.4) is 0 Å².